The second-order valence-electron chi connectivity index (χ2n) is 5.28. The first-order valence-electron chi connectivity index (χ1n) is 7.49. The van der Waals surface area contributed by atoms with Gasteiger partial charge in [0.1, 0.15) is 0 Å². The van der Waals surface area contributed by atoms with E-state index < -0.39 is 23.8 Å². The van der Waals surface area contributed by atoms with E-state index in [1.54, 1.807) is 29.4 Å². The van der Waals surface area contributed by atoms with Crippen LogP contribution in [0.3, 0.4) is 0 Å². The fraction of sp³-hybridized carbons (Fsp3) is 0.438. The first-order valence-corrected chi connectivity index (χ1v) is 8.65. The number of thioether (sulfide) groups is 1. The fourth-order valence-corrected chi connectivity index (χ4v) is 3.15. The molecule has 0 heterocycles. The third kappa shape index (κ3) is 7.47. The molecule has 0 bridgehead atoms. The smallest absolute Gasteiger partial charge is 0.335 e. The molecule has 0 fully saturated rings. The summed E-state index contributed by atoms with van der Waals surface area (Å²) in [7, 11) is 0. The van der Waals surface area contributed by atoms with Crippen molar-refractivity contribution in [3.8, 4) is 0 Å². The number of hydrogen-bond acceptors (Lipinski definition) is 5. The number of rotatable bonds is 11. The number of carboxylic acid groups (broad SMARTS) is 2. The minimum atomic E-state index is -1.04. The molecule has 1 aromatic carbocycles. The molecule has 0 saturated heterocycles. The van der Waals surface area contributed by atoms with E-state index in [2.05, 4.69) is 0 Å². The molecule has 24 heavy (non-hydrogen) atoms. The Morgan fingerprint density at radius 1 is 1.17 bits per heavy atom. The molecule has 0 aliphatic rings. The van der Waals surface area contributed by atoms with Gasteiger partial charge in [0.05, 0.1) is 11.5 Å². The highest BCUT2D eigenvalue weighted by Gasteiger charge is 2.18. The highest BCUT2D eigenvalue weighted by atomic mass is 32.2. The standard InChI is InChI=1S/C16H21NO6S/c18-14(17-23)5-2-7-24-8-6-13(16(21)22)10-11-3-1-4-12(9-11)15(19)20/h1,3-4,9,13,23H,2,5-8,10H2,(H,17,18)(H,19,20)(H,21,22). The zero-order valence-electron chi connectivity index (χ0n) is 13.1. The molecule has 0 spiro atoms. The lowest BCUT2D eigenvalue weighted by Gasteiger charge is -2.12. The highest BCUT2D eigenvalue weighted by molar-refractivity contribution is 7.99. The van der Waals surface area contributed by atoms with Crippen molar-refractivity contribution in [2.75, 3.05) is 11.5 Å². The molecule has 132 valence electrons. The number of aromatic carboxylic acids is 1. The average Bonchev–Trinajstić information content (AvgIpc) is 2.56. The van der Waals surface area contributed by atoms with E-state index in [-0.39, 0.29) is 18.4 Å². The summed E-state index contributed by atoms with van der Waals surface area (Å²) in [6.45, 7) is 0. The molecule has 0 saturated carbocycles. The van der Waals surface area contributed by atoms with E-state index in [9.17, 15) is 19.5 Å². The Hall–Kier alpha value is -2.06. The van der Waals surface area contributed by atoms with Crippen molar-refractivity contribution < 1.29 is 29.8 Å². The molecule has 0 aliphatic carbocycles. The molecule has 7 nitrogen and oxygen atoms in total. The number of amides is 1. The normalized spacial score (nSPS) is 11.7. The van der Waals surface area contributed by atoms with Crippen LogP contribution in [0, 0.1) is 5.92 Å². The van der Waals surface area contributed by atoms with Gasteiger partial charge < -0.3 is 10.2 Å². The Labute approximate surface area is 144 Å². The first kappa shape index (κ1) is 20.0. The molecule has 1 rings (SSSR count). The summed E-state index contributed by atoms with van der Waals surface area (Å²) in [5.41, 5.74) is 2.39. The molecule has 0 aromatic heterocycles. The summed E-state index contributed by atoms with van der Waals surface area (Å²) in [6, 6.07) is 6.31. The van der Waals surface area contributed by atoms with Crippen LogP contribution < -0.4 is 5.48 Å². The van der Waals surface area contributed by atoms with Crippen LogP contribution in [0.25, 0.3) is 0 Å². The lowest BCUT2D eigenvalue weighted by Crippen LogP contribution is -2.18. The summed E-state index contributed by atoms with van der Waals surface area (Å²) in [5.74, 6) is -1.62. The van der Waals surface area contributed by atoms with Crippen LogP contribution in [0.2, 0.25) is 0 Å². The SMILES string of the molecule is O=C(CCCSCCC(Cc1cccc(C(=O)O)c1)C(=O)O)NO. The predicted octanol–water partition coefficient (Wildman–Crippen LogP) is 2.04. The van der Waals surface area contributed by atoms with Crippen molar-refractivity contribution in [3.63, 3.8) is 0 Å². The summed E-state index contributed by atoms with van der Waals surface area (Å²) < 4.78 is 0. The zero-order chi connectivity index (χ0) is 17.9. The minimum absolute atomic E-state index is 0.146. The van der Waals surface area contributed by atoms with Gasteiger partial charge >= 0.3 is 11.9 Å². The van der Waals surface area contributed by atoms with Crippen molar-refractivity contribution >= 4 is 29.6 Å². The summed E-state index contributed by atoms with van der Waals surface area (Å²) in [6.07, 6.45) is 1.58. The van der Waals surface area contributed by atoms with Crippen LogP contribution >= 0.6 is 11.8 Å². The first-order chi connectivity index (χ1) is 11.4. The molecule has 4 N–H and O–H groups in total. The van der Waals surface area contributed by atoms with Crippen LogP contribution in [0.4, 0.5) is 0 Å². The molecule has 1 aromatic rings. The van der Waals surface area contributed by atoms with Gasteiger partial charge in [-0.1, -0.05) is 12.1 Å². The predicted molar refractivity (Wildman–Crippen MR) is 89.3 cm³/mol. The topological polar surface area (TPSA) is 124 Å². The van der Waals surface area contributed by atoms with Gasteiger partial charge in [-0.15, -0.1) is 0 Å². The van der Waals surface area contributed by atoms with E-state index in [0.717, 1.165) is 0 Å². The summed E-state index contributed by atoms with van der Waals surface area (Å²) in [4.78, 5) is 33.1. The second kappa shape index (κ2) is 10.7. The zero-order valence-corrected chi connectivity index (χ0v) is 13.9. The minimum Gasteiger partial charge on any atom is -0.481 e. The Morgan fingerprint density at radius 3 is 2.54 bits per heavy atom. The van der Waals surface area contributed by atoms with E-state index in [0.29, 0.717) is 29.9 Å². The number of aliphatic carboxylic acids is 1. The summed E-state index contributed by atoms with van der Waals surface area (Å²) >= 11 is 1.55. The Morgan fingerprint density at radius 2 is 1.92 bits per heavy atom. The third-order valence-electron chi connectivity index (χ3n) is 3.43. The Balaban J connectivity index is 2.42. The molecule has 1 atom stereocenters. The van der Waals surface area contributed by atoms with Gasteiger partial charge in [-0.2, -0.15) is 11.8 Å². The lowest BCUT2D eigenvalue weighted by molar-refractivity contribution is -0.141. The maximum atomic E-state index is 11.4. The molecule has 8 heteroatoms. The van der Waals surface area contributed by atoms with Gasteiger partial charge in [0.15, 0.2) is 0 Å². The fourth-order valence-electron chi connectivity index (χ4n) is 2.15. The molecule has 1 amide bonds. The van der Waals surface area contributed by atoms with E-state index in [1.807, 2.05) is 0 Å². The monoisotopic (exact) mass is 355 g/mol. The Bertz CT molecular complexity index is 577. The third-order valence-corrected chi connectivity index (χ3v) is 4.53. The van der Waals surface area contributed by atoms with Crippen LogP contribution in [0.15, 0.2) is 24.3 Å². The molecule has 0 aliphatic heterocycles. The molecule has 1 unspecified atom stereocenters. The quantitative estimate of drug-likeness (QED) is 0.272. The Kier molecular flexibility index (Phi) is 8.88. The van der Waals surface area contributed by atoms with Crippen molar-refractivity contribution in [3.05, 3.63) is 35.4 Å². The molecule has 0 radical (unpaired) electrons. The molecular formula is C16H21NO6S. The van der Waals surface area contributed by atoms with Crippen molar-refractivity contribution in [1.29, 1.82) is 0 Å². The number of carbonyl (C=O) groups excluding carboxylic acids is 1. The number of benzene rings is 1. The number of hydrogen-bond donors (Lipinski definition) is 4. The largest absolute Gasteiger partial charge is 0.481 e. The van der Waals surface area contributed by atoms with Gasteiger partial charge in [-0.3, -0.25) is 14.8 Å². The average molecular weight is 355 g/mol. The van der Waals surface area contributed by atoms with Crippen molar-refractivity contribution in [1.82, 2.24) is 5.48 Å². The van der Waals surface area contributed by atoms with Gasteiger partial charge in [-0.05, 0) is 48.5 Å². The van der Waals surface area contributed by atoms with Crippen LogP contribution in [0.5, 0.6) is 0 Å². The van der Waals surface area contributed by atoms with E-state index >= 15 is 0 Å². The van der Waals surface area contributed by atoms with Gasteiger partial charge in [-0.25, -0.2) is 10.3 Å². The van der Waals surface area contributed by atoms with E-state index in [4.69, 9.17) is 10.3 Å². The maximum Gasteiger partial charge on any atom is 0.335 e. The second-order valence-corrected chi connectivity index (χ2v) is 6.51. The van der Waals surface area contributed by atoms with Gasteiger partial charge in [0.25, 0.3) is 0 Å². The number of nitrogens with one attached hydrogen (secondary N) is 1. The highest BCUT2D eigenvalue weighted by Crippen LogP contribution is 2.18. The summed E-state index contributed by atoms with van der Waals surface area (Å²) in [5, 5.41) is 26.6. The van der Waals surface area contributed by atoms with Crippen LogP contribution in [-0.2, 0) is 16.0 Å². The maximum absolute atomic E-state index is 11.4. The van der Waals surface area contributed by atoms with Gasteiger partial charge in [0, 0.05) is 6.42 Å². The lowest BCUT2D eigenvalue weighted by atomic mass is 9.96. The molecular weight excluding hydrogens is 334 g/mol. The number of carbonyl (C=O) groups is 3. The van der Waals surface area contributed by atoms with Crippen molar-refractivity contribution in [2.45, 2.75) is 25.7 Å². The number of carboxylic acids is 2. The van der Waals surface area contributed by atoms with Crippen molar-refractivity contribution in [2.24, 2.45) is 5.92 Å². The van der Waals surface area contributed by atoms with E-state index in [1.165, 1.54) is 12.1 Å². The number of hydroxylamine groups is 1. The van der Waals surface area contributed by atoms with Gasteiger partial charge in [0.2, 0.25) is 5.91 Å². The van der Waals surface area contributed by atoms with Crippen LogP contribution in [0.1, 0.15) is 35.2 Å². The van der Waals surface area contributed by atoms with Crippen LogP contribution in [-0.4, -0.2) is 44.8 Å².